The lowest BCUT2D eigenvalue weighted by Gasteiger charge is -2.23. The summed E-state index contributed by atoms with van der Waals surface area (Å²) in [6, 6.07) is 16.2. The maximum atomic E-state index is 4.40. The Morgan fingerprint density at radius 2 is 1.29 bits per heavy atom. The average Bonchev–Trinajstić information content (AvgIpc) is 3.09. The molecule has 2 aliphatic heterocycles. The van der Waals surface area contributed by atoms with Gasteiger partial charge in [0.2, 0.25) is 0 Å². The number of likely N-dealkylation sites (tertiary alicyclic amines) is 1. The van der Waals surface area contributed by atoms with Crippen LogP contribution in [-0.2, 0) is 0 Å². The number of hydrogen-bond donors (Lipinski definition) is 0. The number of nitrogens with zero attached hydrogens (tertiary/aromatic N) is 4. The fourth-order valence-corrected chi connectivity index (χ4v) is 3.21. The van der Waals surface area contributed by atoms with E-state index < -0.39 is 0 Å². The molecule has 24 heavy (non-hydrogen) atoms. The minimum Gasteiger partial charge on any atom is -0.326 e. The van der Waals surface area contributed by atoms with Crippen molar-refractivity contribution in [1.29, 1.82) is 0 Å². The molecule has 0 aliphatic carbocycles. The van der Waals surface area contributed by atoms with E-state index in [0.717, 1.165) is 29.3 Å². The van der Waals surface area contributed by atoms with Gasteiger partial charge in [0.05, 0.1) is 24.5 Å². The number of benzene rings is 2. The molecule has 0 atom stereocenters. The SMILES string of the molecule is C(#CCN1c2ccccc2N=Nc2ccccc21)CN1CCCC1. The predicted molar refractivity (Wildman–Crippen MR) is 97.5 cm³/mol. The highest BCUT2D eigenvalue weighted by atomic mass is 15.2. The van der Waals surface area contributed by atoms with Crippen LogP contribution in [0.4, 0.5) is 22.7 Å². The molecular weight excluding hydrogens is 296 g/mol. The quantitative estimate of drug-likeness (QED) is 0.755. The van der Waals surface area contributed by atoms with Crippen LogP contribution in [0.1, 0.15) is 12.8 Å². The maximum Gasteiger partial charge on any atom is 0.109 e. The summed E-state index contributed by atoms with van der Waals surface area (Å²) in [5, 5.41) is 8.79. The molecular formula is C20H20N4. The Morgan fingerprint density at radius 3 is 1.92 bits per heavy atom. The molecule has 0 aromatic heterocycles. The first kappa shape index (κ1) is 14.9. The van der Waals surface area contributed by atoms with Crippen molar-refractivity contribution >= 4 is 22.7 Å². The molecule has 4 rings (SSSR count). The summed E-state index contributed by atoms with van der Waals surface area (Å²) in [6.07, 6.45) is 2.61. The number of para-hydroxylation sites is 2. The van der Waals surface area contributed by atoms with Crippen LogP contribution in [-0.4, -0.2) is 31.1 Å². The van der Waals surface area contributed by atoms with Gasteiger partial charge in [-0.15, -0.1) is 10.2 Å². The van der Waals surface area contributed by atoms with Crippen LogP contribution in [0, 0.1) is 11.8 Å². The Kier molecular flexibility index (Phi) is 4.26. The van der Waals surface area contributed by atoms with Gasteiger partial charge in [0.25, 0.3) is 0 Å². The Balaban J connectivity index is 1.61. The molecule has 0 amide bonds. The molecule has 1 fully saturated rings. The van der Waals surface area contributed by atoms with Crippen LogP contribution >= 0.6 is 0 Å². The first-order valence-electron chi connectivity index (χ1n) is 8.47. The highest BCUT2D eigenvalue weighted by Crippen LogP contribution is 2.42. The second kappa shape index (κ2) is 6.86. The van der Waals surface area contributed by atoms with Crippen LogP contribution in [0.3, 0.4) is 0 Å². The molecule has 0 N–H and O–H groups in total. The second-order valence-electron chi connectivity index (χ2n) is 6.10. The topological polar surface area (TPSA) is 31.2 Å². The molecule has 1 saturated heterocycles. The van der Waals surface area contributed by atoms with Crippen LogP contribution in [0.15, 0.2) is 58.8 Å². The van der Waals surface area contributed by atoms with Crippen LogP contribution in [0.25, 0.3) is 0 Å². The summed E-state index contributed by atoms with van der Waals surface area (Å²) in [4.78, 5) is 4.63. The Bertz CT molecular complexity index is 760. The van der Waals surface area contributed by atoms with E-state index in [9.17, 15) is 0 Å². The van der Waals surface area contributed by atoms with E-state index in [1.54, 1.807) is 0 Å². The molecule has 2 aromatic rings. The molecule has 0 spiro atoms. The third-order valence-electron chi connectivity index (χ3n) is 4.47. The van der Waals surface area contributed by atoms with Gasteiger partial charge in [0.15, 0.2) is 0 Å². The van der Waals surface area contributed by atoms with Crippen molar-refractivity contribution in [3.05, 3.63) is 48.5 Å². The maximum absolute atomic E-state index is 4.40. The fraction of sp³-hybridized carbons (Fsp3) is 0.300. The first-order valence-corrected chi connectivity index (χ1v) is 8.47. The molecule has 0 unspecified atom stereocenters. The average molecular weight is 316 g/mol. The van der Waals surface area contributed by atoms with E-state index >= 15 is 0 Å². The first-order chi connectivity index (χ1) is 11.9. The summed E-state index contributed by atoms with van der Waals surface area (Å²) in [5.41, 5.74) is 3.88. The van der Waals surface area contributed by atoms with Gasteiger partial charge in [-0.2, -0.15) is 0 Å². The number of hydrogen-bond acceptors (Lipinski definition) is 4. The molecule has 4 nitrogen and oxygen atoms in total. The van der Waals surface area contributed by atoms with Crippen molar-refractivity contribution in [2.24, 2.45) is 10.2 Å². The Labute approximate surface area is 142 Å². The summed E-state index contributed by atoms with van der Waals surface area (Å²) in [6.45, 7) is 3.88. The van der Waals surface area contributed by atoms with Gasteiger partial charge in [-0.3, -0.25) is 4.90 Å². The summed E-state index contributed by atoms with van der Waals surface area (Å²) >= 11 is 0. The molecule has 0 saturated carbocycles. The normalized spacial score (nSPS) is 16.1. The van der Waals surface area contributed by atoms with Crippen molar-refractivity contribution < 1.29 is 0 Å². The van der Waals surface area contributed by atoms with E-state index in [4.69, 9.17) is 0 Å². The number of fused-ring (bicyclic) bond motifs is 2. The third-order valence-corrected chi connectivity index (χ3v) is 4.47. The Hall–Kier alpha value is -2.64. The lowest BCUT2D eigenvalue weighted by molar-refractivity contribution is 0.383. The lowest BCUT2D eigenvalue weighted by Crippen LogP contribution is -2.20. The smallest absolute Gasteiger partial charge is 0.109 e. The van der Waals surface area contributed by atoms with Crippen molar-refractivity contribution in [1.82, 2.24) is 4.90 Å². The van der Waals surface area contributed by atoms with Gasteiger partial charge in [-0.25, -0.2) is 0 Å². The van der Waals surface area contributed by atoms with Crippen molar-refractivity contribution in [3.63, 3.8) is 0 Å². The molecule has 0 bridgehead atoms. The standard InChI is InChI=1S/C20H20N4/c1-3-11-19-17(9-1)21-22-18-10-2-4-12-20(18)24(19)16-8-7-15-23-13-5-6-14-23/h1-4,9-12H,5-6,13-16H2. The zero-order chi connectivity index (χ0) is 16.2. The summed E-state index contributed by atoms with van der Waals surface area (Å²) < 4.78 is 0. The van der Waals surface area contributed by atoms with E-state index in [1.807, 2.05) is 36.4 Å². The highest BCUT2D eigenvalue weighted by molar-refractivity contribution is 5.82. The molecule has 120 valence electrons. The lowest BCUT2D eigenvalue weighted by atomic mass is 10.2. The second-order valence-corrected chi connectivity index (χ2v) is 6.10. The summed E-state index contributed by atoms with van der Waals surface area (Å²) in [5.74, 6) is 6.67. The van der Waals surface area contributed by atoms with Crippen molar-refractivity contribution in [3.8, 4) is 11.8 Å². The van der Waals surface area contributed by atoms with E-state index in [-0.39, 0.29) is 0 Å². The zero-order valence-electron chi connectivity index (χ0n) is 13.7. The van der Waals surface area contributed by atoms with Crippen molar-refractivity contribution in [2.75, 3.05) is 31.1 Å². The monoisotopic (exact) mass is 316 g/mol. The fourth-order valence-electron chi connectivity index (χ4n) is 3.21. The van der Waals surface area contributed by atoms with E-state index in [1.165, 1.54) is 25.9 Å². The van der Waals surface area contributed by atoms with E-state index in [0.29, 0.717) is 6.54 Å². The van der Waals surface area contributed by atoms with Crippen LogP contribution < -0.4 is 4.90 Å². The minimum absolute atomic E-state index is 0.646. The van der Waals surface area contributed by atoms with Gasteiger partial charge in [0.1, 0.15) is 11.4 Å². The zero-order valence-corrected chi connectivity index (χ0v) is 13.7. The molecule has 2 heterocycles. The highest BCUT2D eigenvalue weighted by Gasteiger charge is 2.18. The van der Waals surface area contributed by atoms with Gasteiger partial charge in [-0.1, -0.05) is 36.1 Å². The van der Waals surface area contributed by atoms with Crippen LogP contribution in [0.5, 0.6) is 0 Å². The van der Waals surface area contributed by atoms with Gasteiger partial charge in [-0.05, 0) is 50.2 Å². The summed E-state index contributed by atoms with van der Waals surface area (Å²) in [7, 11) is 0. The molecule has 2 aliphatic rings. The van der Waals surface area contributed by atoms with Crippen molar-refractivity contribution in [2.45, 2.75) is 12.8 Å². The number of anilines is 2. The number of rotatable bonds is 2. The van der Waals surface area contributed by atoms with Gasteiger partial charge in [0, 0.05) is 0 Å². The van der Waals surface area contributed by atoms with Gasteiger partial charge >= 0.3 is 0 Å². The predicted octanol–water partition coefficient (Wildman–Crippen LogP) is 4.65. The molecule has 4 heteroatoms. The van der Waals surface area contributed by atoms with E-state index in [2.05, 4.69) is 44.0 Å². The van der Waals surface area contributed by atoms with Gasteiger partial charge < -0.3 is 4.90 Å². The largest absolute Gasteiger partial charge is 0.326 e. The number of azo groups is 1. The Morgan fingerprint density at radius 1 is 0.750 bits per heavy atom. The third kappa shape index (κ3) is 3.04. The molecule has 2 aromatic carbocycles. The minimum atomic E-state index is 0.646. The molecule has 0 radical (unpaired) electrons. The van der Waals surface area contributed by atoms with Crippen LogP contribution in [0.2, 0.25) is 0 Å².